The first-order valence-electron chi connectivity index (χ1n) is 7.20. The lowest BCUT2D eigenvalue weighted by molar-refractivity contribution is 0.373. The van der Waals surface area contributed by atoms with Crippen molar-refractivity contribution in [2.45, 2.75) is 42.7 Å². The van der Waals surface area contributed by atoms with Crippen LogP contribution in [-0.4, -0.2) is 16.8 Å². The summed E-state index contributed by atoms with van der Waals surface area (Å²) in [7, 11) is 0. The minimum atomic E-state index is -0.0536. The van der Waals surface area contributed by atoms with Crippen molar-refractivity contribution in [3.8, 4) is 0 Å². The highest BCUT2D eigenvalue weighted by Gasteiger charge is 2.44. The highest BCUT2D eigenvalue weighted by atomic mass is 32.2. The summed E-state index contributed by atoms with van der Waals surface area (Å²) in [5, 5.41) is 7.35. The van der Waals surface area contributed by atoms with Gasteiger partial charge in [-0.1, -0.05) is 18.2 Å². The molecule has 1 aromatic carbocycles. The Kier molecular flexibility index (Phi) is 3.13. The Morgan fingerprint density at radius 3 is 2.90 bits per heavy atom. The van der Waals surface area contributed by atoms with E-state index in [2.05, 4.69) is 41.9 Å². The van der Waals surface area contributed by atoms with Gasteiger partial charge in [0.15, 0.2) is 0 Å². The summed E-state index contributed by atoms with van der Waals surface area (Å²) in [6, 6.07) is 9.52. The molecule has 2 nitrogen and oxygen atoms in total. The molecule has 0 amide bonds. The molecular formula is C16H18N2S2. The van der Waals surface area contributed by atoms with Crippen LogP contribution in [0.3, 0.4) is 0 Å². The molecule has 1 aliphatic heterocycles. The molecule has 2 aliphatic rings. The molecule has 0 radical (unpaired) electrons. The largest absolute Gasteiger partial charge is 0.299 e. The van der Waals surface area contributed by atoms with E-state index in [1.165, 1.54) is 28.3 Å². The van der Waals surface area contributed by atoms with Gasteiger partial charge in [0, 0.05) is 27.8 Å². The second kappa shape index (κ2) is 4.86. The summed E-state index contributed by atoms with van der Waals surface area (Å²) in [4.78, 5) is 6.25. The molecule has 0 bridgehead atoms. The van der Waals surface area contributed by atoms with Crippen molar-refractivity contribution in [3.05, 3.63) is 45.9 Å². The molecule has 1 aliphatic carbocycles. The molecule has 1 atom stereocenters. The zero-order chi connectivity index (χ0) is 13.6. The first kappa shape index (κ1) is 12.9. The molecule has 20 heavy (non-hydrogen) atoms. The summed E-state index contributed by atoms with van der Waals surface area (Å²) < 4.78 is 0. The minimum Gasteiger partial charge on any atom is -0.299 e. The Hall–Kier alpha value is -0.840. The van der Waals surface area contributed by atoms with Gasteiger partial charge >= 0.3 is 0 Å². The lowest BCUT2D eigenvalue weighted by Gasteiger charge is -2.38. The summed E-state index contributed by atoms with van der Waals surface area (Å²) >= 11 is 3.78. The summed E-state index contributed by atoms with van der Waals surface area (Å²) in [6.07, 6.45) is 3.75. The van der Waals surface area contributed by atoms with Crippen molar-refractivity contribution in [1.82, 2.24) is 10.3 Å². The van der Waals surface area contributed by atoms with Crippen molar-refractivity contribution < 1.29 is 0 Å². The van der Waals surface area contributed by atoms with Crippen LogP contribution >= 0.6 is 23.1 Å². The van der Waals surface area contributed by atoms with E-state index in [-0.39, 0.29) is 5.54 Å². The summed E-state index contributed by atoms with van der Waals surface area (Å²) in [6.45, 7) is 2.09. The lowest BCUT2D eigenvalue weighted by Crippen LogP contribution is -2.47. The monoisotopic (exact) mass is 302 g/mol. The van der Waals surface area contributed by atoms with Gasteiger partial charge in [-0.15, -0.1) is 23.1 Å². The molecule has 2 aromatic rings. The van der Waals surface area contributed by atoms with E-state index in [4.69, 9.17) is 4.98 Å². The zero-order valence-corrected chi connectivity index (χ0v) is 13.2. The fourth-order valence-corrected chi connectivity index (χ4v) is 5.16. The number of aromatic nitrogens is 1. The van der Waals surface area contributed by atoms with Crippen LogP contribution in [0, 0.1) is 6.92 Å². The van der Waals surface area contributed by atoms with E-state index >= 15 is 0 Å². The summed E-state index contributed by atoms with van der Waals surface area (Å²) in [5.74, 6) is 1.16. The van der Waals surface area contributed by atoms with Crippen molar-refractivity contribution in [1.29, 1.82) is 0 Å². The van der Waals surface area contributed by atoms with Crippen LogP contribution in [0.4, 0.5) is 0 Å². The quantitative estimate of drug-likeness (QED) is 0.929. The van der Waals surface area contributed by atoms with Gasteiger partial charge in [0.1, 0.15) is 5.01 Å². The first-order valence-corrected chi connectivity index (χ1v) is 9.07. The Bertz CT molecular complexity index is 633. The number of nitrogens with one attached hydrogen (secondary N) is 1. The highest BCUT2D eigenvalue weighted by molar-refractivity contribution is 7.99. The molecule has 1 fully saturated rings. The van der Waals surface area contributed by atoms with Crippen LogP contribution in [0.2, 0.25) is 0 Å². The summed E-state index contributed by atoms with van der Waals surface area (Å²) in [5.41, 5.74) is 2.51. The van der Waals surface area contributed by atoms with E-state index in [1.54, 1.807) is 11.3 Å². The molecular weight excluding hydrogens is 284 g/mol. The second-order valence-corrected chi connectivity index (χ2v) is 7.71. The average molecular weight is 302 g/mol. The maximum absolute atomic E-state index is 4.83. The van der Waals surface area contributed by atoms with Gasteiger partial charge in [-0.05, 0) is 37.8 Å². The first-order chi connectivity index (χ1) is 9.78. The third kappa shape index (κ3) is 2.10. The number of thiazole rings is 1. The Labute approximate surface area is 128 Å². The average Bonchev–Trinajstić information content (AvgIpc) is 3.17. The van der Waals surface area contributed by atoms with E-state index in [9.17, 15) is 0 Å². The molecule has 1 N–H and O–H groups in total. The normalized spacial score (nSPS) is 25.4. The van der Waals surface area contributed by atoms with Gasteiger partial charge in [-0.2, -0.15) is 0 Å². The van der Waals surface area contributed by atoms with Crippen LogP contribution in [-0.2, 0) is 5.54 Å². The zero-order valence-electron chi connectivity index (χ0n) is 11.6. The van der Waals surface area contributed by atoms with Crippen molar-refractivity contribution in [2.24, 2.45) is 0 Å². The number of hydrogen-bond donors (Lipinski definition) is 1. The molecule has 4 heteroatoms. The van der Waals surface area contributed by atoms with Crippen LogP contribution in [0.1, 0.15) is 35.5 Å². The molecule has 1 unspecified atom stereocenters. The number of thioether (sulfide) groups is 1. The minimum absolute atomic E-state index is 0.0536. The fourth-order valence-electron chi connectivity index (χ4n) is 2.95. The van der Waals surface area contributed by atoms with Crippen LogP contribution in [0.5, 0.6) is 0 Å². The maximum atomic E-state index is 4.83. The number of aryl methyl sites for hydroxylation is 1. The van der Waals surface area contributed by atoms with E-state index in [0.717, 1.165) is 17.9 Å². The third-order valence-electron chi connectivity index (χ3n) is 4.09. The number of hydrogen-bond acceptors (Lipinski definition) is 4. The van der Waals surface area contributed by atoms with Crippen LogP contribution in [0.15, 0.2) is 34.5 Å². The van der Waals surface area contributed by atoms with Crippen LogP contribution < -0.4 is 5.32 Å². The number of benzene rings is 1. The van der Waals surface area contributed by atoms with Gasteiger partial charge in [-0.25, -0.2) is 4.98 Å². The van der Waals surface area contributed by atoms with Crippen molar-refractivity contribution >= 4 is 23.1 Å². The van der Waals surface area contributed by atoms with Gasteiger partial charge < -0.3 is 0 Å². The standard InChI is InChI=1S/C16H18N2S2/c1-11-10-20-15(17-11)16(18-12-6-7-12)8-9-19-14-5-3-2-4-13(14)16/h2-5,10,12,18H,6-9H2,1H3. The SMILES string of the molecule is Cc1csc(C2(NC3CC3)CCSc3ccccc32)n1. The van der Waals surface area contributed by atoms with Gasteiger partial charge in [0.2, 0.25) is 0 Å². The number of rotatable bonds is 3. The molecule has 0 spiro atoms. The Balaban J connectivity index is 1.87. The fraction of sp³-hybridized carbons (Fsp3) is 0.438. The van der Waals surface area contributed by atoms with E-state index in [1.807, 2.05) is 11.8 Å². The number of nitrogens with zero attached hydrogens (tertiary/aromatic N) is 1. The third-order valence-corrected chi connectivity index (χ3v) is 6.29. The predicted molar refractivity (Wildman–Crippen MR) is 85.6 cm³/mol. The Morgan fingerprint density at radius 2 is 2.15 bits per heavy atom. The second-order valence-electron chi connectivity index (χ2n) is 5.71. The lowest BCUT2D eigenvalue weighted by atomic mass is 9.86. The van der Waals surface area contributed by atoms with Gasteiger partial charge in [0.05, 0.1) is 5.54 Å². The van der Waals surface area contributed by atoms with Gasteiger partial charge in [0.25, 0.3) is 0 Å². The van der Waals surface area contributed by atoms with E-state index < -0.39 is 0 Å². The number of fused-ring (bicyclic) bond motifs is 1. The Morgan fingerprint density at radius 1 is 1.30 bits per heavy atom. The van der Waals surface area contributed by atoms with Crippen molar-refractivity contribution in [3.63, 3.8) is 0 Å². The predicted octanol–water partition coefficient (Wildman–Crippen LogP) is 3.94. The van der Waals surface area contributed by atoms with Crippen LogP contribution in [0.25, 0.3) is 0 Å². The molecule has 4 rings (SSSR count). The van der Waals surface area contributed by atoms with E-state index in [0.29, 0.717) is 6.04 Å². The molecule has 1 aromatic heterocycles. The van der Waals surface area contributed by atoms with Gasteiger partial charge in [-0.3, -0.25) is 5.32 Å². The highest BCUT2D eigenvalue weighted by Crippen LogP contribution is 2.46. The molecule has 0 saturated heterocycles. The molecule has 104 valence electrons. The molecule has 2 heterocycles. The smallest absolute Gasteiger partial charge is 0.118 e. The topological polar surface area (TPSA) is 24.9 Å². The maximum Gasteiger partial charge on any atom is 0.118 e. The van der Waals surface area contributed by atoms with Crippen molar-refractivity contribution in [2.75, 3.05) is 5.75 Å². The molecule has 1 saturated carbocycles.